The molecule has 7 nitrogen and oxygen atoms in total. The van der Waals surface area contributed by atoms with Crippen molar-refractivity contribution in [3.63, 3.8) is 0 Å². The summed E-state index contributed by atoms with van der Waals surface area (Å²) in [6, 6.07) is 0. The molecule has 8 atom stereocenters. The summed E-state index contributed by atoms with van der Waals surface area (Å²) >= 11 is 0. The predicted octanol–water partition coefficient (Wildman–Crippen LogP) is 2.66. The molecule has 0 aromatic carbocycles. The summed E-state index contributed by atoms with van der Waals surface area (Å²) in [6.45, 7) is 12.9. The van der Waals surface area contributed by atoms with Gasteiger partial charge in [-0.15, -0.1) is 0 Å². The van der Waals surface area contributed by atoms with Gasteiger partial charge in [-0.1, -0.05) is 27.4 Å². The van der Waals surface area contributed by atoms with E-state index in [1.807, 2.05) is 20.8 Å². The van der Waals surface area contributed by atoms with Gasteiger partial charge in [0.25, 0.3) is 0 Å². The largest absolute Gasteiger partial charge is 0.515 e. The molecular weight excluding hydrogens is 412 g/mol. The molecule has 2 heterocycles. The second-order valence-corrected chi connectivity index (χ2v) is 11.9. The average Bonchev–Trinajstić information content (AvgIpc) is 2.79. The lowest BCUT2D eigenvalue weighted by Gasteiger charge is -2.74. The van der Waals surface area contributed by atoms with E-state index in [0.29, 0.717) is 30.4 Å². The number of carbonyl (C=O) groups excluding carboxylic acids is 2. The van der Waals surface area contributed by atoms with Crippen LogP contribution < -0.4 is 0 Å². The van der Waals surface area contributed by atoms with Crippen molar-refractivity contribution in [3.05, 3.63) is 24.0 Å². The molecule has 3 N–H and O–H groups in total. The third-order valence-electron chi connectivity index (χ3n) is 9.50. The van der Waals surface area contributed by atoms with Crippen LogP contribution in [0, 0.1) is 39.9 Å². The van der Waals surface area contributed by atoms with Crippen LogP contribution in [0.1, 0.15) is 53.9 Å². The van der Waals surface area contributed by atoms with E-state index in [1.54, 1.807) is 0 Å². The van der Waals surface area contributed by atoms with Crippen molar-refractivity contribution in [2.24, 2.45) is 39.9 Å². The van der Waals surface area contributed by atoms with Gasteiger partial charge >= 0.3 is 0 Å². The fourth-order valence-corrected chi connectivity index (χ4v) is 8.82. The lowest BCUT2D eigenvalue weighted by atomic mass is 9.34. The fourth-order valence-electron chi connectivity index (χ4n) is 8.82. The molecule has 6 rings (SSSR count). The summed E-state index contributed by atoms with van der Waals surface area (Å²) in [5, 5.41) is 32.7. The zero-order chi connectivity index (χ0) is 23.6. The number of fused-ring (bicyclic) bond motifs is 2. The summed E-state index contributed by atoms with van der Waals surface area (Å²) in [5.74, 6) is -5.36. The average molecular weight is 447 g/mol. The van der Waals surface area contributed by atoms with Gasteiger partial charge in [0, 0.05) is 11.5 Å². The number of ketones is 2. The molecule has 6 fully saturated rings. The van der Waals surface area contributed by atoms with Crippen LogP contribution in [-0.4, -0.2) is 51.2 Å². The van der Waals surface area contributed by atoms with Crippen molar-refractivity contribution < 1.29 is 34.4 Å². The number of ether oxygens (including phenoxy) is 2. The highest BCUT2D eigenvalue weighted by atomic mass is 16.8. The first-order valence-electron chi connectivity index (χ1n) is 11.6. The van der Waals surface area contributed by atoms with Gasteiger partial charge in [0.1, 0.15) is 6.10 Å². The molecule has 176 valence electrons. The molecule has 0 unspecified atom stereocenters. The van der Waals surface area contributed by atoms with E-state index in [2.05, 4.69) is 6.58 Å². The first kappa shape index (κ1) is 22.3. The number of hydrogen-bond donors (Lipinski definition) is 3. The Hall–Kier alpha value is -1.54. The molecule has 4 saturated carbocycles. The van der Waals surface area contributed by atoms with Crippen LogP contribution in [0.3, 0.4) is 0 Å². The summed E-state index contributed by atoms with van der Waals surface area (Å²) < 4.78 is 12.5. The van der Waals surface area contributed by atoms with Gasteiger partial charge in [0.15, 0.2) is 17.4 Å². The van der Waals surface area contributed by atoms with E-state index in [1.165, 1.54) is 13.8 Å². The quantitative estimate of drug-likeness (QED) is 0.339. The Kier molecular flexibility index (Phi) is 4.26. The predicted molar refractivity (Wildman–Crippen MR) is 114 cm³/mol. The van der Waals surface area contributed by atoms with E-state index in [9.17, 15) is 24.9 Å². The van der Waals surface area contributed by atoms with E-state index in [4.69, 9.17) is 9.47 Å². The van der Waals surface area contributed by atoms with E-state index in [-0.39, 0.29) is 30.0 Å². The summed E-state index contributed by atoms with van der Waals surface area (Å²) in [4.78, 5) is 28.0. The molecule has 2 aliphatic heterocycles. The van der Waals surface area contributed by atoms with E-state index >= 15 is 0 Å². The van der Waals surface area contributed by atoms with Crippen LogP contribution in [0.4, 0.5) is 0 Å². The van der Waals surface area contributed by atoms with Gasteiger partial charge in [-0.3, -0.25) is 9.59 Å². The maximum absolute atomic E-state index is 14.0. The summed E-state index contributed by atoms with van der Waals surface area (Å²) in [5.41, 5.74) is -2.31. The second-order valence-electron chi connectivity index (χ2n) is 11.9. The highest BCUT2D eigenvalue weighted by molar-refractivity contribution is 6.07. The van der Waals surface area contributed by atoms with Crippen LogP contribution in [0.25, 0.3) is 0 Å². The molecule has 32 heavy (non-hydrogen) atoms. The summed E-state index contributed by atoms with van der Waals surface area (Å²) in [6.07, 6.45) is 1.15. The standard InChI is InChI=1S/C25H34O7/c1-12-15-7-8-16-23-11-31-25(32-22(5,6)30,24(16,13(15)2)18(12)27)20(29)17(23)21(3,4)9-14(10-26)19(23)28/h10,13,15-17,20,26,29-30H,1,7-9,11H2,2-6H3/b14-10-/t13-,15+,16+,17-,20+,23+,24+,25+/m1/s1. The Bertz CT molecular complexity index is 958. The molecule has 0 amide bonds. The van der Waals surface area contributed by atoms with Crippen LogP contribution in [-0.2, 0) is 19.1 Å². The highest BCUT2D eigenvalue weighted by Crippen LogP contribution is 2.78. The molecule has 2 saturated heterocycles. The molecule has 4 aliphatic carbocycles. The number of carbonyl (C=O) groups is 2. The first-order valence-corrected chi connectivity index (χ1v) is 11.6. The van der Waals surface area contributed by atoms with Crippen molar-refractivity contribution >= 4 is 11.6 Å². The number of Topliss-reactive ketones (excluding diaryl/α,β-unsaturated/α-hetero) is 2. The van der Waals surface area contributed by atoms with Crippen molar-refractivity contribution in [1.29, 1.82) is 0 Å². The Balaban J connectivity index is 1.86. The van der Waals surface area contributed by atoms with Gasteiger partial charge in [-0.05, 0) is 61.9 Å². The minimum atomic E-state index is -1.80. The van der Waals surface area contributed by atoms with E-state index in [0.717, 1.165) is 6.26 Å². The van der Waals surface area contributed by atoms with Crippen molar-refractivity contribution in [3.8, 4) is 0 Å². The normalized spacial score (nSPS) is 50.5. The second kappa shape index (κ2) is 6.12. The van der Waals surface area contributed by atoms with Crippen LogP contribution >= 0.6 is 0 Å². The molecule has 7 heteroatoms. The highest BCUT2D eigenvalue weighted by Gasteiger charge is 2.87. The number of hydrogen-bond acceptors (Lipinski definition) is 7. The van der Waals surface area contributed by atoms with Crippen molar-refractivity contribution in [1.82, 2.24) is 0 Å². The van der Waals surface area contributed by atoms with Gasteiger partial charge in [-0.25, -0.2) is 0 Å². The van der Waals surface area contributed by atoms with Crippen molar-refractivity contribution in [2.45, 2.75) is 71.6 Å². The maximum atomic E-state index is 14.0. The lowest BCUT2D eigenvalue weighted by Crippen LogP contribution is -2.85. The molecule has 6 aliphatic rings. The SMILES string of the molecule is C=C1C(=O)[C@]23[C@H](C)[C@H]1CC[C@H]2[C@@]12CO[C@]3(OC(C)(C)O)[C@@H](O)[C@@H]1C(C)(C)C/C(=C/O)C2=O. The van der Waals surface area contributed by atoms with Gasteiger partial charge in [-0.2, -0.15) is 0 Å². The number of aliphatic hydroxyl groups is 3. The third-order valence-corrected chi connectivity index (χ3v) is 9.50. The zero-order valence-corrected chi connectivity index (χ0v) is 19.5. The topological polar surface area (TPSA) is 113 Å². The van der Waals surface area contributed by atoms with Crippen LogP contribution in [0.2, 0.25) is 0 Å². The van der Waals surface area contributed by atoms with Gasteiger partial charge in [0.2, 0.25) is 5.79 Å². The Morgan fingerprint density at radius 1 is 1.22 bits per heavy atom. The van der Waals surface area contributed by atoms with Gasteiger partial charge in [0.05, 0.1) is 23.7 Å². The Labute approximate surface area is 188 Å². The van der Waals surface area contributed by atoms with Crippen molar-refractivity contribution in [2.75, 3.05) is 6.61 Å². The molecule has 4 bridgehead atoms. The zero-order valence-electron chi connectivity index (χ0n) is 19.5. The molecule has 0 radical (unpaired) electrons. The Morgan fingerprint density at radius 2 is 1.88 bits per heavy atom. The maximum Gasteiger partial charge on any atom is 0.211 e. The third kappa shape index (κ3) is 2.13. The fraction of sp³-hybridized carbons (Fsp3) is 0.760. The minimum absolute atomic E-state index is 0.0338. The van der Waals surface area contributed by atoms with Gasteiger partial charge < -0.3 is 24.8 Å². The Morgan fingerprint density at radius 3 is 2.47 bits per heavy atom. The molecule has 0 aromatic heterocycles. The lowest BCUT2D eigenvalue weighted by molar-refractivity contribution is -0.476. The summed E-state index contributed by atoms with van der Waals surface area (Å²) in [7, 11) is 0. The van der Waals surface area contributed by atoms with E-state index < -0.39 is 45.8 Å². The first-order chi connectivity index (χ1) is 14.7. The molecule has 0 aromatic rings. The molecular formula is C25H34O7. The molecule has 2 spiro atoms. The van der Waals surface area contributed by atoms with Crippen LogP contribution in [0.15, 0.2) is 24.0 Å². The van der Waals surface area contributed by atoms with Crippen LogP contribution in [0.5, 0.6) is 0 Å². The smallest absolute Gasteiger partial charge is 0.211 e. The monoisotopic (exact) mass is 446 g/mol. The number of allylic oxidation sites excluding steroid dienone is 2. The minimum Gasteiger partial charge on any atom is -0.515 e. The number of rotatable bonds is 2. The number of aliphatic hydroxyl groups excluding tert-OH is 2.